The highest BCUT2D eigenvalue weighted by molar-refractivity contribution is 5.84. The first-order valence-electron chi connectivity index (χ1n) is 12.5. The number of esters is 2. The third-order valence-corrected chi connectivity index (χ3v) is 5.98. The Morgan fingerprint density at radius 2 is 1.55 bits per heavy atom. The molecule has 0 saturated heterocycles. The summed E-state index contributed by atoms with van der Waals surface area (Å²) in [5, 5.41) is 9.77. The van der Waals surface area contributed by atoms with E-state index in [-0.39, 0.29) is 12.4 Å². The van der Waals surface area contributed by atoms with E-state index in [1.807, 2.05) is 24.3 Å². The summed E-state index contributed by atoms with van der Waals surface area (Å²) in [6.45, 7) is 6.93. The summed E-state index contributed by atoms with van der Waals surface area (Å²) in [6, 6.07) is 7.75. The van der Waals surface area contributed by atoms with Crippen molar-refractivity contribution >= 4 is 23.9 Å². The summed E-state index contributed by atoms with van der Waals surface area (Å²) in [4.78, 5) is 49.9. The van der Waals surface area contributed by atoms with E-state index in [1.165, 1.54) is 27.7 Å². The van der Waals surface area contributed by atoms with Crippen LogP contribution in [0.1, 0.15) is 38.8 Å². The summed E-state index contributed by atoms with van der Waals surface area (Å²) < 4.78 is 20.8. The Hall–Kier alpha value is -3.02. The molecule has 0 aliphatic carbocycles. The van der Waals surface area contributed by atoms with Gasteiger partial charge in [-0.25, -0.2) is 9.59 Å². The van der Waals surface area contributed by atoms with Crippen molar-refractivity contribution in [3.8, 4) is 0 Å². The van der Waals surface area contributed by atoms with E-state index < -0.39 is 48.9 Å². The van der Waals surface area contributed by atoms with Crippen LogP contribution in [0.5, 0.6) is 0 Å². The summed E-state index contributed by atoms with van der Waals surface area (Å²) >= 11 is 0. The quantitative estimate of drug-likeness (QED) is 0.201. The molecular formula is C27H43N2O9+. The number of Topliss-reactive ketones (excluding diaryl/α,β-unsaturated/α-hetero) is 1. The minimum absolute atomic E-state index is 0.0186. The largest absolute Gasteiger partial charge is 0.509 e. The Labute approximate surface area is 225 Å². The van der Waals surface area contributed by atoms with Gasteiger partial charge in [-0.05, 0) is 47.4 Å². The molecule has 1 aromatic rings. The third-order valence-electron chi connectivity index (χ3n) is 5.98. The Morgan fingerprint density at radius 1 is 0.974 bits per heavy atom. The molecule has 0 aromatic heterocycles. The normalized spacial score (nSPS) is 14.7. The molecule has 11 heteroatoms. The maximum absolute atomic E-state index is 12.7. The fourth-order valence-corrected chi connectivity index (χ4v) is 3.07. The van der Waals surface area contributed by atoms with Crippen LogP contribution >= 0.6 is 0 Å². The first-order chi connectivity index (χ1) is 17.6. The van der Waals surface area contributed by atoms with Crippen LogP contribution in [0.2, 0.25) is 0 Å². The molecule has 1 rings (SSSR count). The number of carbonyl (C=O) groups is 4. The number of ketones is 1. The van der Waals surface area contributed by atoms with Crippen LogP contribution in [0.25, 0.3) is 0 Å². The average molecular weight is 540 g/mol. The second-order valence-electron chi connectivity index (χ2n) is 10.7. The van der Waals surface area contributed by atoms with Crippen molar-refractivity contribution in [2.75, 3.05) is 54.5 Å². The van der Waals surface area contributed by atoms with Crippen molar-refractivity contribution in [3.05, 3.63) is 35.4 Å². The zero-order valence-corrected chi connectivity index (χ0v) is 23.8. The minimum atomic E-state index is -1.54. The van der Waals surface area contributed by atoms with Gasteiger partial charge < -0.3 is 33.4 Å². The van der Waals surface area contributed by atoms with E-state index in [9.17, 15) is 24.3 Å². The lowest BCUT2D eigenvalue weighted by Gasteiger charge is -2.31. The van der Waals surface area contributed by atoms with Crippen LogP contribution in [-0.4, -0.2) is 105 Å². The number of rotatable bonds is 15. The molecule has 0 heterocycles. The highest BCUT2D eigenvalue weighted by atomic mass is 16.7. The smallest absolute Gasteiger partial charge is 0.460 e. The van der Waals surface area contributed by atoms with Crippen molar-refractivity contribution in [1.29, 1.82) is 0 Å². The standard InChI is InChI=1S/C27H43N2O9/c1-19(31)20(2)37-24(32)21(3)38-26(34)36-18-27(4,17-30)25(33)35-16-23-11-9-22(10-12-23)15-29(7,8)14-13-28(5)6/h9-12,20-21,30H,13-18H2,1-8H3/q+1. The number of hydrogen-bond donors (Lipinski definition) is 1. The molecule has 3 unspecified atom stereocenters. The summed E-state index contributed by atoms with van der Waals surface area (Å²) in [7, 11) is 8.45. The highest BCUT2D eigenvalue weighted by Crippen LogP contribution is 2.20. The molecule has 0 aliphatic rings. The van der Waals surface area contributed by atoms with Gasteiger partial charge in [0.2, 0.25) is 0 Å². The van der Waals surface area contributed by atoms with Crippen LogP contribution in [0.15, 0.2) is 24.3 Å². The minimum Gasteiger partial charge on any atom is -0.460 e. The van der Waals surface area contributed by atoms with Crippen LogP contribution in [0.4, 0.5) is 4.79 Å². The van der Waals surface area contributed by atoms with E-state index in [0.29, 0.717) is 0 Å². The molecule has 1 N–H and O–H groups in total. The number of carbonyl (C=O) groups excluding carboxylic acids is 4. The van der Waals surface area contributed by atoms with E-state index in [2.05, 4.69) is 33.1 Å². The molecule has 0 amide bonds. The van der Waals surface area contributed by atoms with Gasteiger partial charge >= 0.3 is 18.1 Å². The van der Waals surface area contributed by atoms with E-state index in [0.717, 1.165) is 35.2 Å². The number of quaternary nitrogens is 1. The summed E-state index contributed by atoms with van der Waals surface area (Å²) in [6.07, 6.45) is -3.55. The van der Waals surface area contributed by atoms with Crippen molar-refractivity contribution in [2.45, 2.75) is 53.1 Å². The number of benzene rings is 1. The Morgan fingerprint density at radius 3 is 2.08 bits per heavy atom. The van der Waals surface area contributed by atoms with Gasteiger partial charge in [0.1, 0.15) is 25.2 Å². The van der Waals surface area contributed by atoms with Crippen molar-refractivity contribution in [3.63, 3.8) is 0 Å². The molecule has 0 fully saturated rings. The average Bonchev–Trinajstić information content (AvgIpc) is 2.85. The Balaban J connectivity index is 2.58. The lowest BCUT2D eigenvalue weighted by Crippen LogP contribution is -2.43. The third kappa shape index (κ3) is 11.6. The second-order valence-corrected chi connectivity index (χ2v) is 10.7. The SMILES string of the molecule is CC(=O)C(C)OC(=O)C(C)OC(=O)OCC(C)(CO)C(=O)OCc1ccc(C[N+](C)(C)CCN(C)C)cc1. The molecule has 38 heavy (non-hydrogen) atoms. The monoisotopic (exact) mass is 539 g/mol. The van der Waals surface area contributed by atoms with Crippen LogP contribution in [0, 0.1) is 5.41 Å². The summed E-state index contributed by atoms with van der Waals surface area (Å²) in [5.41, 5.74) is 0.387. The fraction of sp³-hybridized carbons (Fsp3) is 0.630. The van der Waals surface area contributed by atoms with E-state index in [1.54, 1.807) is 0 Å². The van der Waals surface area contributed by atoms with Crippen molar-refractivity contribution in [1.82, 2.24) is 4.90 Å². The molecule has 1 aromatic carbocycles. The molecule has 0 radical (unpaired) electrons. The molecule has 0 spiro atoms. The van der Waals surface area contributed by atoms with E-state index >= 15 is 0 Å². The number of hydrogen-bond acceptors (Lipinski definition) is 10. The Bertz CT molecular complexity index is 946. The number of nitrogens with zero attached hydrogens (tertiary/aromatic N) is 2. The number of ether oxygens (including phenoxy) is 4. The second kappa shape index (κ2) is 14.8. The predicted octanol–water partition coefficient (Wildman–Crippen LogP) is 1.93. The summed E-state index contributed by atoms with van der Waals surface area (Å²) in [5.74, 6) is -2.04. The zero-order chi connectivity index (χ0) is 29.1. The van der Waals surface area contributed by atoms with E-state index in [4.69, 9.17) is 18.9 Å². The first-order valence-corrected chi connectivity index (χ1v) is 12.5. The van der Waals surface area contributed by atoms with Crippen LogP contribution in [-0.2, 0) is 46.5 Å². The van der Waals surface area contributed by atoms with Gasteiger partial charge in [0.05, 0.1) is 27.2 Å². The highest BCUT2D eigenvalue weighted by Gasteiger charge is 2.37. The van der Waals surface area contributed by atoms with Crippen LogP contribution < -0.4 is 0 Å². The van der Waals surface area contributed by atoms with Gasteiger partial charge in [0.25, 0.3) is 0 Å². The maximum Gasteiger partial charge on any atom is 0.509 e. The van der Waals surface area contributed by atoms with Crippen LogP contribution in [0.3, 0.4) is 0 Å². The predicted molar refractivity (Wildman–Crippen MR) is 139 cm³/mol. The molecule has 0 aliphatic heterocycles. The van der Waals surface area contributed by atoms with Gasteiger partial charge in [-0.1, -0.05) is 24.3 Å². The molecule has 3 atom stereocenters. The number of aliphatic hydroxyl groups is 1. The lowest BCUT2D eigenvalue weighted by molar-refractivity contribution is -0.903. The van der Waals surface area contributed by atoms with Gasteiger partial charge in [-0.15, -0.1) is 0 Å². The molecule has 0 saturated carbocycles. The van der Waals surface area contributed by atoms with Crippen molar-refractivity contribution in [2.24, 2.45) is 5.41 Å². The topological polar surface area (TPSA) is 129 Å². The zero-order valence-electron chi connectivity index (χ0n) is 23.8. The molecular weight excluding hydrogens is 496 g/mol. The van der Waals surface area contributed by atoms with Gasteiger partial charge in [-0.2, -0.15) is 0 Å². The first kappa shape index (κ1) is 33.0. The number of likely N-dealkylation sites (N-methyl/N-ethyl adjacent to an activating group) is 2. The van der Waals surface area contributed by atoms with Gasteiger partial charge in [-0.3, -0.25) is 9.59 Å². The van der Waals surface area contributed by atoms with Crippen molar-refractivity contribution < 1.29 is 47.7 Å². The Kier molecular flexibility index (Phi) is 12.9. The molecule has 214 valence electrons. The maximum atomic E-state index is 12.7. The lowest BCUT2D eigenvalue weighted by atomic mass is 9.93. The molecule has 0 bridgehead atoms. The molecule has 11 nitrogen and oxygen atoms in total. The van der Waals surface area contributed by atoms with Gasteiger partial charge in [0.15, 0.2) is 18.0 Å². The van der Waals surface area contributed by atoms with Gasteiger partial charge in [0, 0.05) is 12.1 Å². The number of aliphatic hydroxyl groups excluding tert-OH is 1. The fourth-order valence-electron chi connectivity index (χ4n) is 3.07.